The Morgan fingerprint density at radius 2 is 2.28 bits per heavy atom. The van der Waals surface area contributed by atoms with Gasteiger partial charge in [-0.3, -0.25) is 0 Å². The highest BCUT2D eigenvalue weighted by molar-refractivity contribution is 14.1. The molecule has 0 bridgehead atoms. The standard InChI is InChI=1S/C12H14BIN2O2/c1-7(15)9-5-3-4-8-6-10(16-11(8)9)12(17)18-13(2)14/h3-7,16H,15H2,1-2H3. The number of halogens is 1. The van der Waals surface area contributed by atoms with Crippen LogP contribution >= 0.6 is 22.4 Å². The summed E-state index contributed by atoms with van der Waals surface area (Å²) < 4.78 is 4.99. The van der Waals surface area contributed by atoms with Gasteiger partial charge >= 0.3 is 10.7 Å². The maximum absolute atomic E-state index is 11.8. The van der Waals surface area contributed by atoms with E-state index in [0.717, 1.165) is 16.5 Å². The molecule has 1 atom stereocenters. The highest BCUT2D eigenvalue weighted by Crippen LogP contribution is 2.23. The highest BCUT2D eigenvalue weighted by atomic mass is 127. The molecule has 0 saturated heterocycles. The van der Waals surface area contributed by atoms with Crippen molar-refractivity contribution < 1.29 is 9.45 Å². The molecule has 1 aromatic carbocycles. The largest absolute Gasteiger partial charge is 0.521 e. The van der Waals surface area contributed by atoms with Crippen molar-refractivity contribution in [2.24, 2.45) is 5.73 Å². The van der Waals surface area contributed by atoms with Gasteiger partial charge in [0.2, 0.25) is 0 Å². The molecule has 1 heterocycles. The molecule has 6 heteroatoms. The first-order valence-corrected chi connectivity index (χ1v) is 6.96. The van der Waals surface area contributed by atoms with Gasteiger partial charge in [-0.05, 0) is 25.4 Å². The molecule has 18 heavy (non-hydrogen) atoms. The Morgan fingerprint density at radius 3 is 2.89 bits per heavy atom. The Labute approximate surface area is 119 Å². The molecule has 0 aliphatic rings. The lowest BCUT2D eigenvalue weighted by Crippen LogP contribution is -2.13. The molecular weight excluding hydrogens is 342 g/mol. The van der Waals surface area contributed by atoms with Gasteiger partial charge in [0.1, 0.15) is 5.69 Å². The topological polar surface area (TPSA) is 68.1 Å². The number of aromatic amines is 1. The second-order valence-corrected chi connectivity index (χ2v) is 5.99. The Hall–Kier alpha value is -1.02. The van der Waals surface area contributed by atoms with Crippen LogP contribution in [-0.4, -0.2) is 15.7 Å². The molecule has 0 aliphatic carbocycles. The maximum Gasteiger partial charge on any atom is 0.429 e. The van der Waals surface area contributed by atoms with E-state index in [1.807, 2.05) is 54.3 Å². The van der Waals surface area contributed by atoms with Crippen molar-refractivity contribution in [2.75, 3.05) is 0 Å². The number of rotatable bonds is 3. The fourth-order valence-corrected chi connectivity index (χ4v) is 2.11. The van der Waals surface area contributed by atoms with Gasteiger partial charge < -0.3 is 15.4 Å². The molecule has 94 valence electrons. The second-order valence-electron chi connectivity index (χ2n) is 4.23. The minimum Gasteiger partial charge on any atom is -0.521 e. The van der Waals surface area contributed by atoms with Crippen LogP contribution in [0.15, 0.2) is 24.3 Å². The first kappa shape index (κ1) is 13.4. The van der Waals surface area contributed by atoms with Crippen LogP contribution < -0.4 is 5.73 Å². The minimum absolute atomic E-state index is 0.0836. The molecule has 0 aliphatic heterocycles. The number of nitrogens with one attached hydrogen (secondary N) is 1. The Kier molecular flexibility index (Phi) is 3.96. The molecule has 2 rings (SSSR count). The van der Waals surface area contributed by atoms with Gasteiger partial charge in [-0.1, -0.05) is 40.6 Å². The zero-order chi connectivity index (χ0) is 13.3. The molecule has 0 amide bonds. The van der Waals surface area contributed by atoms with Crippen molar-refractivity contribution in [1.29, 1.82) is 0 Å². The number of carbonyl (C=O) groups is 1. The normalized spacial score (nSPS) is 12.4. The van der Waals surface area contributed by atoms with Crippen molar-refractivity contribution in [1.82, 2.24) is 4.98 Å². The van der Waals surface area contributed by atoms with E-state index in [-0.39, 0.29) is 16.8 Å². The number of nitrogens with two attached hydrogens (primary N) is 1. The zero-order valence-electron chi connectivity index (χ0n) is 10.2. The van der Waals surface area contributed by atoms with E-state index in [0.29, 0.717) is 5.69 Å². The van der Waals surface area contributed by atoms with Crippen LogP contribution in [0.5, 0.6) is 0 Å². The molecule has 1 unspecified atom stereocenters. The Balaban J connectivity index is 2.44. The number of hydrogen-bond donors (Lipinski definition) is 2. The molecule has 1 aromatic heterocycles. The van der Waals surface area contributed by atoms with Crippen molar-refractivity contribution >= 4 is 44.0 Å². The van der Waals surface area contributed by atoms with E-state index < -0.39 is 0 Å². The lowest BCUT2D eigenvalue weighted by atomic mass is 10.1. The minimum atomic E-state index is -0.344. The number of benzene rings is 1. The Bertz CT molecular complexity index is 580. The average Bonchev–Trinajstić information content (AvgIpc) is 2.70. The molecule has 4 nitrogen and oxygen atoms in total. The number of para-hydroxylation sites is 1. The van der Waals surface area contributed by atoms with Crippen molar-refractivity contribution in [3.63, 3.8) is 0 Å². The highest BCUT2D eigenvalue weighted by Gasteiger charge is 2.16. The van der Waals surface area contributed by atoms with Gasteiger partial charge in [0.05, 0.1) is 5.52 Å². The third-order valence-corrected chi connectivity index (χ3v) is 2.92. The SMILES string of the molecule is CB(I)OC(=O)c1cc2cccc(C(C)N)c2[nH]1. The van der Waals surface area contributed by atoms with Crippen LogP contribution in [0.4, 0.5) is 0 Å². The summed E-state index contributed by atoms with van der Waals surface area (Å²) in [7, 11) is 0. The number of carbonyl (C=O) groups excluding carboxylic acids is 1. The predicted octanol–water partition coefficient (Wildman–Crippen LogP) is 2.90. The van der Waals surface area contributed by atoms with Crippen LogP contribution in [0.2, 0.25) is 6.82 Å². The predicted molar refractivity (Wildman–Crippen MR) is 82.0 cm³/mol. The first-order chi connectivity index (χ1) is 8.49. The molecule has 0 spiro atoms. The van der Waals surface area contributed by atoms with Crippen molar-refractivity contribution in [3.8, 4) is 0 Å². The summed E-state index contributed by atoms with van der Waals surface area (Å²) in [4.78, 5) is 14.9. The van der Waals surface area contributed by atoms with E-state index in [1.165, 1.54) is 0 Å². The van der Waals surface area contributed by atoms with Crippen LogP contribution in [0.1, 0.15) is 29.0 Å². The lowest BCUT2D eigenvalue weighted by Gasteiger charge is -2.06. The summed E-state index contributed by atoms with van der Waals surface area (Å²) >= 11 is 2.04. The molecule has 3 N–H and O–H groups in total. The fourth-order valence-electron chi connectivity index (χ4n) is 1.88. The first-order valence-electron chi connectivity index (χ1n) is 5.71. The third kappa shape index (κ3) is 2.69. The summed E-state index contributed by atoms with van der Waals surface area (Å²) in [6.45, 7) is 3.73. The van der Waals surface area contributed by atoms with Crippen LogP contribution in [0, 0.1) is 0 Å². The van der Waals surface area contributed by atoms with Gasteiger partial charge in [0.25, 0.3) is 0 Å². The Morgan fingerprint density at radius 1 is 1.56 bits per heavy atom. The van der Waals surface area contributed by atoms with E-state index in [9.17, 15) is 4.79 Å². The van der Waals surface area contributed by atoms with Gasteiger partial charge in [0.15, 0.2) is 0 Å². The second kappa shape index (κ2) is 5.32. The van der Waals surface area contributed by atoms with E-state index >= 15 is 0 Å². The van der Waals surface area contributed by atoms with Gasteiger partial charge in [0, 0.05) is 11.4 Å². The van der Waals surface area contributed by atoms with E-state index in [1.54, 1.807) is 6.07 Å². The number of aromatic nitrogens is 1. The number of hydrogen-bond acceptors (Lipinski definition) is 3. The molecule has 0 saturated carbocycles. The maximum atomic E-state index is 11.8. The smallest absolute Gasteiger partial charge is 0.429 e. The third-order valence-electron chi connectivity index (χ3n) is 2.67. The summed E-state index contributed by atoms with van der Waals surface area (Å²) in [5.74, 6) is -0.344. The molecule has 2 aromatic rings. The quantitative estimate of drug-likeness (QED) is 0.657. The average molecular weight is 356 g/mol. The molecule has 0 radical (unpaired) electrons. The van der Waals surface area contributed by atoms with E-state index in [2.05, 4.69) is 4.98 Å². The van der Waals surface area contributed by atoms with Gasteiger partial charge in [-0.2, -0.15) is 0 Å². The van der Waals surface area contributed by atoms with Crippen LogP contribution in [-0.2, 0) is 4.65 Å². The van der Waals surface area contributed by atoms with Gasteiger partial charge in [-0.25, -0.2) is 4.79 Å². The van der Waals surface area contributed by atoms with Gasteiger partial charge in [-0.15, -0.1) is 0 Å². The van der Waals surface area contributed by atoms with Crippen molar-refractivity contribution in [3.05, 3.63) is 35.5 Å². The number of fused-ring (bicyclic) bond motifs is 1. The van der Waals surface area contributed by atoms with Crippen LogP contribution in [0.25, 0.3) is 10.9 Å². The summed E-state index contributed by atoms with van der Waals surface area (Å²) in [6, 6.07) is 7.55. The summed E-state index contributed by atoms with van der Waals surface area (Å²) in [5.41, 5.74) is 8.27. The summed E-state index contributed by atoms with van der Waals surface area (Å²) in [6.07, 6.45) is 0. The van der Waals surface area contributed by atoms with Crippen molar-refractivity contribution in [2.45, 2.75) is 19.8 Å². The fraction of sp³-hybridized carbons (Fsp3) is 0.250. The monoisotopic (exact) mass is 356 g/mol. The molecular formula is C12H14BIN2O2. The summed E-state index contributed by atoms with van der Waals surface area (Å²) in [5, 5.41) is 0.970. The molecule has 0 fully saturated rings. The zero-order valence-corrected chi connectivity index (χ0v) is 12.4. The number of H-pyrrole nitrogens is 1. The lowest BCUT2D eigenvalue weighted by molar-refractivity contribution is 0.0736. The van der Waals surface area contributed by atoms with Crippen LogP contribution in [0.3, 0.4) is 0 Å². The van der Waals surface area contributed by atoms with E-state index in [4.69, 9.17) is 10.4 Å².